The molecule has 0 saturated carbocycles. The number of alkyl halides is 3. The summed E-state index contributed by atoms with van der Waals surface area (Å²) in [5.74, 6) is 0.987. The fraction of sp³-hybridized carbons (Fsp3) is 0.312. The zero-order valence-corrected chi connectivity index (χ0v) is 13.8. The molecule has 130 valence electrons. The Labute approximate surface area is 142 Å². The van der Waals surface area contributed by atoms with Crippen LogP contribution < -0.4 is 5.32 Å². The third kappa shape index (κ3) is 5.01. The molecule has 1 amide bonds. The second-order valence-electron chi connectivity index (χ2n) is 5.43. The summed E-state index contributed by atoms with van der Waals surface area (Å²) < 4.78 is 43.6. The number of anilines is 1. The van der Waals surface area contributed by atoms with Gasteiger partial charge < -0.3 is 9.73 Å². The molecule has 1 aromatic heterocycles. The minimum atomic E-state index is -4.50. The topological polar surface area (TPSA) is 45.5 Å². The summed E-state index contributed by atoms with van der Waals surface area (Å²) in [6.07, 6.45) is -4.50. The van der Waals surface area contributed by atoms with Gasteiger partial charge in [0, 0.05) is 0 Å². The third-order valence-electron chi connectivity index (χ3n) is 3.20. The van der Waals surface area contributed by atoms with Crippen molar-refractivity contribution in [2.24, 2.45) is 0 Å². The monoisotopic (exact) mass is 360 g/mol. The van der Waals surface area contributed by atoms with Crippen LogP contribution >= 0.6 is 11.6 Å². The molecular formula is C16H16ClF3N2O2. The van der Waals surface area contributed by atoms with E-state index in [1.807, 2.05) is 13.0 Å². The molecule has 0 bridgehead atoms. The van der Waals surface area contributed by atoms with Crippen LogP contribution in [0.5, 0.6) is 0 Å². The quantitative estimate of drug-likeness (QED) is 0.863. The van der Waals surface area contributed by atoms with Gasteiger partial charge in [-0.15, -0.1) is 0 Å². The lowest BCUT2D eigenvalue weighted by Gasteiger charge is -2.16. The van der Waals surface area contributed by atoms with E-state index in [4.69, 9.17) is 16.0 Å². The van der Waals surface area contributed by atoms with Crippen LogP contribution in [-0.4, -0.2) is 24.4 Å². The van der Waals surface area contributed by atoms with E-state index in [-0.39, 0.29) is 17.3 Å². The molecule has 0 saturated heterocycles. The number of nitrogens with one attached hydrogen (secondary N) is 1. The molecule has 0 fully saturated rings. The molecule has 0 aliphatic heterocycles. The number of likely N-dealkylation sites (N-methyl/N-ethyl adjacent to an activating group) is 1. The van der Waals surface area contributed by atoms with E-state index < -0.39 is 17.6 Å². The zero-order valence-electron chi connectivity index (χ0n) is 13.1. The average molecular weight is 361 g/mol. The van der Waals surface area contributed by atoms with Gasteiger partial charge in [-0.1, -0.05) is 11.6 Å². The van der Waals surface area contributed by atoms with E-state index in [1.54, 1.807) is 18.0 Å². The summed E-state index contributed by atoms with van der Waals surface area (Å²) in [5, 5.41) is 2.44. The largest absolute Gasteiger partial charge is 0.465 e. The molecule has 0 aliphatic carbocycles. The van der Waals surface area contributed by atoms with Crippen LogP contribution in [-0.2, 0) is 17.5 Å². The van der Waals surface area contributed by atoms with Gasteiger partial charge in [-0.25, -0.2) is 0 Å². The Kier molecular flexibility index (Phi) is 5.56. The smallest absolute Gasteiger partial charge is 0.416 e. The summed E-state index contributed by atoms with van der Waals surface area (Å²) in [6, 6.07) is 6.40. The minimum Gasteiger partial charge on any atom is -0.465 e. The Morgan fingerprint density at radius 2 is 2.00 bits per heavy atom. The highest BCUT2D eigenvalue weighted by atomic mass is 35.5. The molecule has 1 heterocycles. The van der Waals surface area contributed by atoms with Gasteiger partial charge in [0.1, 0.15) is 11.5 Å². The van der Waals surface area contributed by atoms with Gasteiger partial charge in [-0.05, 0) is 44.3 Å². The number of rotatable bonds is 5. The lowest BCUT2D eigenvalue weighted by Crippen LogP contribution is -2.29. The Bertz CT molecular complexity index is 728. The van der Waals surface area contributed by atoms with Crippen molar-refractivity contribution in [2.45, 2.75) is 19.6 Å². The summed E-state index contributed by atoms with van der Waals surface area (Å²) in [7, 11) is 1.70. The van der Waals surface area contributed by atoms with Gasteiger partial charge >= 0.3 is 6.18 Å². The third-order valence-corrected chi connectivity index (χ3v) is 3.53. The maximum atomic E-state index is 12.7. The Hall–Kier alpha value is -1.99. The van der Waals surface area contributed by atoms with Crippen molar-refractivity contribution < 1.29 is 22.4 Å². The molecule has 0 aliphatic rings. The lowest BCUT2D eigenvalue weighted by atomic mass is 10.2. The van der Waals surface area contributed by atoms with Gasteiger partial charge in [0.05, 0.1) is 29.4 Å². The highest BCUT2D eigenvalue weighted by Gasteiger charge is 2.31. The second kappa shape index (κ2) is 7.27. The molecule has 0 spiro atoms. The van der Waals surface area contributed by atoms with Crippen molar-refractivity contribution in [2.75, 3.05) is 18.9 Å². The molecule has 0 radical (unpaired) electrons. The number of carbonyl (C=O) groups is 1. The standard InChI is InChI=1S/C16H16ClF3N2O2/c1-10-3-5-12(24-10)8-22(2)9-15(23)21-14-7-11(16(18,19)20)4-6-13(14)17/h3-7H,8-9H2,1-2H3,(H,21,23). The molecule has 0 atom stereocenters. The number of furan rings is 1. The first kappa shape index (κ1) is 18.4. The molecule has 8 heteroatoms. The van der Waals surface area contributed by atoms with Crippen molar-refractivity contribution in [3.8, 4) is 0 Å². The number of halogens is 4. The van der Waals surface area contributed by atoms with Gasteiger partial charge in [0.2, 0.25) is 5.91 Å². The second-order valence-corrected chi connectivity index (χ2v) is 5.83. The fourth-order valence-electron chi connectivity index (χ4n) is 2.12. The van der Waals surface area contributed by atoms with E-state index >= 15 is 0 Å². The van der Waals surface area contributed by atoms with E-state index in [2.05, 4.69) is 5.32 Å². The predicted octanol–water partition coefficient (Wildman–Crippen LogP) is 4.33. The predicted molar refractivity (Wildman–Crippen MR) is 84.9 cm³/mol. The molecule has 2 aromatic rings. The molecule has 0 unspecified atom stereocenters. The van der Waals surface area contributed by atoms with Crippen LogP contribution in [0.25, 0.3) is 0 Å². The Morgan fingerprint density at radius 1 is 1.29 bits per heavy atom. The molecule has 1 N–H and O–H groups in total. The number of hydrogen-bond donors (Lipinski definition) is 1. The Morgan fingerprint density at radius 3 is 2.58 bits per heavy atom. The molecule has 1 aromatic carbocycles. The minimum absolute atomic E-state index is 0.0215. The van der Waals surface area contributed by atoms with Crippen LogP contribution in [0.3, 0.4) is 0 Å². The van der Waals surface area contributed by atoms with Crippen molar-refractivity contribution in [1.82, 2.24) is 4.90 Å². The SMILES string of the molecule is Cc1ccc(CN(C)CC(=O)Nc2cc(C(F)(F)F)ccc2Cl)o1. The van der Waals surface area contributed by atoms with E-state index in [0.717, 1.165) is 24.0 Å². The van der Waals surface area contributed by atoms with Gasteiger partial charge in [-0.3, -0.25) is 9.69 Å². The summed E-state index contributed by atoms with van der Waals surface area (Å²) in [4.78, 5) is 13.7. The molecule has 24 heavy (non-hydrogen) atoms. The van der Waals surface area contributed by atoms with Gasteiger partial charge in [0.15, 0.2) is 0 Å². The van der Waals surface area contributed by atoms with Crippen LogP contribution in [0.1, 0.15) is 17.1 Å². The first-order chi connectivity index (χ1) is 11.1. The number of benzene rings is 1. The zero-order chi connectivity index (χ0) is 17.9. The highest BCUT2D eigenvalue weighted by molar-refractivity contribution is 6.33. The van der Waals surface area contributed by atoms with E-state index in [1.165, 1.54) is 0 Å². The number of hydrogen-bond acceptors (Lipinski definition) is 3. The maximum Gasteiger partial charge on any atom is 0.416 e. The van der Waals surface area contributed by atoms with Crippen LogP contribution in [0.2, 0.25) is 5.02 Å². The highest BCUT2D eigenvalue weighted by Crippen LogP contribution is 2.33. The van der Waals surface area contributed by atoms with Crippen molar-refractivity contribution >= 4 is 23.2 Å². The normalized spacial score (nSPS) is 11.8. The number of amides is 1. The van der Waals surface area contributed by atoms with Crippen LogP contribution in [0.4, 0.5) is 18.9 Å². The van der Waals surface area contributed by atoms with E-state index in [0.29, 0.717) is 12.3 Å². The first-order valence-electron chi connectivity index (χ1n) is 7.05. The van der Waals surface area contributed by atoms with Crippen molar-refractivity contribution in [3.05, 3.63) is 52.4 Å². The Balaban J connectivity index is 1.99. The average Bonchev–Trinajstić information content (AvgIpc) is 2.84. The van der Waals surface area contributed by atoms with Gasteiger partial charge in [-0.2, -0.15) is 13.2 Å². The number of carbonyl (C=O) groups excluding carboxylic acids is 1. The number of nitrogens with zero attached hydrogens (tertiary/aromatic N) is 1. The van der Waals surface area contributed by atoms with Crippen molar-refractivity contribution in [1.29, 1.82) is 0 Å². The lowest BCUT2D eigenvalue weighted by molar-refractivity contribution is -0.137. The maximum absolute atomic E-state index is 12.7. The van der Waals surface area contributed by atoms with Crippen LogP contribution in [0.15, 0.2) is 34.7 Å². The van der Waals surface area contributed by atoms with Crippen molar-refractivity contribution in [3.63, 3.8) is 0 Å². The summed E-state index contributed by atoms with van der Waals surface area (Å²) in [6.45, 7) is 2.19. The van der Waals surface area contributed by atoms with Gasteiger partial charge in [0.25, 0.3) is 0 Å². The van der Waals surface area contributed by atoms with Crippen LogP contribution in [0, 0.1) is 6.92 Å². The van der Waals surface area contributed by atoms with E-state index in [9.17, 15) is 18.0 Å². The summed E-state index contributed by atoms with van der Waals surface area (Å²) >= 11 is 5.85. The molecular weight excluding hydrogens is 345 g/mol. The fourth-order valence-corrected chi connectivity index (χ4v) is 2.29. The molecule has 4 nitrogen and oxygen atoms in total. The number of aryl methyl sites for hydroxylation is 1. The molecule has 2 rings (SSSR count). The first-order valence-corrected chi connectivity index (χ1v) is 7.43. The summed E-state index contributed by atoms with van der Waals surface area (Å²) in [5.41, 5.74) is -0.944.